The van der Waals surface area contributed by atoms with Gasteiger partial charge in [-0.15, -0.1) is 0 Å². The summed E-state index contributed by atoms with van der Waals surface area (Å²) in [6, 6.07) is 1.19. The molecule has 0 saturated heterocycles. The number of halogens is 3. The van der Waals surface area contributed by atoms with Crippen molar-refractivity contribution in [2.45, 2.75) is 26.4 Å². The molecule has 0 spiro atoms. The molecule has 0 aliphatic rings. The third kappa shape index (κ3) is 1.71. The number of nitrogens with zero attached hydrogens (tertiary/aromatic N) is 1. The van der Waals surface area contributed by atoms with Crippen LogP contribution >= 0.6 is 0 Å². The Labute approximate surface area is 75.2 Å². The predicted molar refractivity (Wildman–Crippen MR) is 44.5 cm³/mol. The summed E-state index contributed by atoms with van der Waals surface area (Å²) in [6.45, 7) is 3.40. The molecule has 1 nitrogen and oxygen atoms in total. The predicted octanol–water partition coefficient (Wildman–Crippen LogP) is 2.91. The quantitative estimate of drug-likeness (QED) is 0.643. The van der Waals surface area contributed by atoms with Crippen LogP contribution < -0.4 is 0 Å². The van der Waals surface area contributed by atoms with Crippen molar-refractivity contribution < 1.29 is 13.2 Å². The van der Waals surface area contributed by atoms with Crippen LogP contribution in [0.25, 0.3) is 0 Å². The zero-order chi connectivity index (χ0) is 10.2. The van der Waals surface area contributed by atoms with E-state index in [4.69, 9.17) is 0 Å². The third-order valence-corrected chi connectivity index (χ3v) is 2.24. The number of aromatic nitrogens is 1. The van der Waals surface area contributed by atoms with Crippen LogP contribution in [0.15, 0.2) is 6.07 Å². The molecule has 1 heterocycles. The maximum Gasteiger partial charge on any atom is 0.418 e. The first-order valence-corrected chi connectivity index (χ1v) is 4.10. The van der Waals surface area contributed by atoms with E-state index in [1.165, 1.54) is 6.07 Å². The Balaban J connectivity index is 3.30. The van der Waals surface area contributed by atoms with Crippen LogP contribution in [0, 0.1) is 6.92 Å². The first-order valence-electron chi connectivity index (χ1n) is 4.10. The van der Waals surface area contributed by atoms with Gasteiger partial charge in [0.25, 0.3) is 0 Å². The molecule has 13 heavy (non-hydrogen) atoms. The summed E-state index contributed by atoms with van der Waals surface area (Å²) in [5.41, 5.74) is 0.490. The summed E-state index contributed by atoms with van der Waals surface area (Å²) < 4.78 is 38.8. The van der Waals surface area contributed by atoms with Crippen LogP contribution in [0.2, 0.25) is 0 Å². The van der Waals surface area contributed by atoms with Crippen molar-refractivity contribution in [2.24, 2.45) is 7.05 Å². The summed E-state index contributed by atoms with van der Waals surface area (Å²) in [7, 11) is 1.66. The Hall–Kier alpha value is -0.930. The Kier molecular flexibility index (Phi) is 2.41. The number of aryl methyl sites for hydroxylation is 1. The van der Waals surface area contributed by atoms with Crippen molar-refractivity contribution in [3.8, 4) is 0 Å². The molecular weight excluding hydrogens is 179 g/mol. The van der Waals surface area contributed by atoms with Gasteiger partial charge in [-0.05, 0) is 19.4 Å². The average Bonchev–Trinajstić information content (AvgIpc) is 2.28. The molecule has 1 aromatic heterocycles. The first kappa shape index (κ1) is 10.2. The fourth-order valence-electron chi connectivity index (χ4n) is 1.46. The highest BCUT2D eigenvalue weighted by atomic mass is 19.4. The minimum atomic E-state index is -4.22. The maximum absolute atomic E-state index is 12.4. The monoisotopic (exact) mass is 191 g/mol. The number of hydrogen-bond donors (Lipinski definition) is 0. The minimum absolute atomic E-state index is 0.352. The van der Waals surface area contributed by atoms with Gasteiger partial charge >= 0.3 is 6.18 Å². The van der Waals surface area contributed by atoms with E-state index in [0.717, 1.165) is 0 Å². The summed E-state index contributed by atoms with van der Waals surface area (Å²) >= 11 is 0. The van der Waals surface area contributed by atoms with Crippen molar-refractivity contribution in [1.29, 1.82) is 0 Å². The standard InChI is InChI=1S/C9H12F3N/c1-4-8-7(9(10,11)12)5-6(2)13(8)3/h5H,4H2,1-3H3. The zero-order valence-corrected chi connectivity index (χ0v) is 7.87. The molecule has 0 unspecified atom stereocenters. The molecule has 0 aliphatic heterocycles. The summed E-state index contributed by atoms with van der Waals surface area (Å²) in [6.07, 6.45) is -3.82. The lowest BCUT2D eigenvalue weighted by Gasteiger charge is -2.08. The lowest BCUT2D eigenvalue weighted by Crippen LogP contribution is -2.08. The van der Waals surface area contributed by atoms with Crippen LogP contribution in [0.5, 0.6) is 0 Å². The second kappa shape index (κ2) is 3.09. The van der Waals surface area contributed by atoms with Gasteiger partial charge in [0, 0.05) is 18.4 Å². The molecule has 74 valence electrons. The number of alkyl halides is 3. The fourth-order valence-corrected chi connectivity index (χ4v) is 1.46. The van der Waals surface area contributed by atoms with Crippen molar-refractivity contribution in [3.63, 3.8) is 0 Å². The normalized spacial score (nSPS) is 12.2. The Bertz CT molecular complexity index is 309. The summed E-state index contributed by atoms with van der Waals surface area (Å²) in [5.74, 6) is 0. The molecule has 0 N–H and O–H groups in total. The van der Waals surface area contributed by atoms with Gasteiger partial charge in [-0.2, -0.15) is 13.2 Å². The van der Waals surface area contributed by atoms with Crippen molar-refractivity contribution >= 4 is 0 Å². The Morgan fingerprint density at radius 2 is 1.92 bits per heavy atom. The van der Waals surface area contributed by atoms with E-state index in [2.05, 4.69) is 0 Å². The molecule has 0 radical (unpaired) electrons. The van der Waals surface area contributed by atoms with Gasteiger partial charge in [0.15, 0.2) is 0 Å². The molecule has 0 saturated carbocycles. The van der Waals surface area contributed by atoms with Gasteiger partial charge in [-0.25, -0.2) is 0 Å². The van der Waals surface area contributed by atoms with E-state index in [-0.39, 0.29) is 0 Å². The van der Waals surface area contributed by atoms with Crippen molar-refractivity contribution in [2.75, 3.05) is 0 Å². The fraction of sp³-hybridized carbons (Fsp3) is 0.556. The smallest absolute Gasteiger partial charge is 0.351 e. The topological polar surface area (TPSA) is 4.93 Å². The largest absolute Gasteiger partial charge is 0.418 e. The lowest BCUT2D eigenvalue weighted by molar-refractivity contribution is -0.138. The molecule has 0 amide bonds. The highest BCUT2D eigenvalue weighted by molar-refractivity contribution is 5.29. The molecule has 0 aromatic carbocycles. The maximum atomic E-state index is 12.4. The van der Waals surface area contributed by atoms with Crippen LogP contribution in [0.4, 0.5) is 13.2 Å². The van der Waals surface area contributed by atoms with E-state index in [0.29, 0.717) is 17.8 Å². The van der Waals surface area contributed by atoms with E-state index < -0.39 is 11.7 Å². The van der Waals surface area contributed by atoms with Gasteiger partial charge in [-0.1, -0.05) is 6.92 Å². The highest BCUT2D eigenvalue weighted by Gasteiger charge is 2.34. The second-order valence-corrected chi connectivity index (χ2v) is 3.06. The lowest BCUT2D eigenvalue weighted by atomic mass is 10.2. The van der Waals surface area contributed by atoms with Gasteiger partial charge in [0.05, 0.1) is 5.56 Å². The molecule has 0 atom stereocenters. The van der Waals surface area contributed by atoms with Gasteiger partial charge < -0.3 is 4.57 Å². The summed E-state index contributed by atoms with van der Waals surface area (Å²) in [4.78, 5) is 0. The first-order chi connectivity index (χ1) is 5.88. The van der Waals surface area contributed by atoms with E-state index in [1.807, 2.05) is 0 Å². The van der Waals surface area contributed by atoms with Gasteiger partial charge in [0.1, 0.15) is 0 Å². The van der Waals surface area contributed by atoms with Crippen molar-refractivity contribution in [1.82, 2.24) is 4.57 Å². The molecule has 1 aromatic rings. The number of hydrogen-bond acceptors (Lipinski definition) is 0. The average molecular weight is 191 g/mol. The Morgan fingerprint density at radius 3 is 2.23 bits per heavy atom. The van der Waals surface area contributed by atoms with E-state index in [9.17, 15) is 13.2 Å². The summed E-state index contributed by atoms with van der Waals surface area (Å²) in [5, 5.41) is 0. The molecule has 1 rings (SSSR count). The van der Waals surface area contributed by atoms with E-state index in [1.54, 1.807) is 25.5 Å². The second-order valence-electron chi connectivity index (χ2n) is 3.06. The molecule has 0 aliphatic carbocycles. The molecule has 0 bridgehead atoms. The van der Waals surface area contributed by atoms with Crippen LogP contribution in [0.3, 0.4) is 0 Å². The van der Waals surface area contributed by atoms with Crippen LogP contribution in [0.1, 0.15) is 23.9 Å². The molecular formula is C9H12F3N. The third-order valence-electron chi connectivity index (χ3n) is 2.24. The number of rotatable bonds is 1. The van der Waals surface area contributed by atoms with Crippen LogP contribution in [-0.2, 0) is 19.6 Å². The van der Waals surface area contributed by atoms with Gasteiger partial charge in [-0.3, -0.25) is 0 Å². The van der Waals surface area contributed by atoms with Crippen LogP contribution in [-0.4, -0.2) is 4.57 Å². The van der Waals surface area contributed by atoms with Crippen molar-refractivity contribution in [3.05, 3.63) is 23.0 Å². The minimum Gasteiger partial charge on any atom is -0.351 e. The van der Waals surface area contributed by atoms with E-state index >= 15 is 0 Å². The Morgan fingerprint density at radius 1 is 1.38 bits per heavy atom. The molecule has 4 heteroatoms. The van der Waals surface area contributed by atoms with Gasteiger partial charge in [0.2, 0.25) is 0 Å². The molecule has 0 fully saturated rings. The zero-order valence-electron chi connectivity index (χ0n) is 7.87. The SMILES string of the molecule is CCc1c(C(F)(F)F)cc(C)n1C. The highest BCUT2D eigenvalue weighted by Crippen LogP contribution is 2.33.